The maximum atomic E-state index is 14.0. The maximum absolute atomic E-state index is 14.0. The number of fused-ring (bicyclic) bond motifs is 7. The third-order valence-electron chi connectivity index (χ3n) is 17.9. The van der Waals surface area contributed by atoms with Gasteiger partial charge in [0.25, 0.3) is 0 Å². The van der Waals surface area contributed by atoms with Crippen molar-refractivity contribution in [2.45, 2.75) is 131 Å². The Morgan fingerprint density at radius 3 is 2.27 bits per heavy atom. The van der Waals surface area contributed by atoms with E-state index < -0.39 is 27.9 Å². The second kappa shape index (κ2) is 12.9. The van der Waals surface area contributed by atoms with Crippen molar-refractivity contribution in [3.05, 3.63) is 23.3 Å². The lowest BCUT2D eigenvalue weighted by atomic mass is 9.32. The normalized spacial score (nSPS) is 46.3. The van der Waals surface area contributed by atoms with Crippen LogP contribution in [0.25, 0.3) is 0 Å². The number of hydrogen-bond donors (Lipinski definition) is 2. The third-order valence-corrected chi connectivity index (χ3v) is 19.5. The minimum atomic E-state index is -2.86. The van der Waals surface area contributed by atoms with Crippen molar-refractivity contribution in [1.82, 2.24) is 10.2 Å². The van der Waals surface area contributed by atoms with Crippen LogP contribution in [0.15, 0.2) is 23.3 Å². The van der Waals surface area contributed by atoms with Crippen LogP contribution in [-0.4, -0.2) is 74.3 Å². The van der Waals surface area contributed by atoms with Crippen molar-refractivity contribution in [3.8, 4) is 0 Å². The number of nitrogens with zero attached hydrogens (tertiary/aromatic N) is 1. The molecule has 7 rings (SSSR count). The van der Waals surface area contributed by atoms with Gasteiger partial charge in [0.15, 0.2) is 9.84 Å². The maximum Gasteiger partial charge on any atom is 0.312 e. The van der Waals surface area contributed by atoms with Gasteiger partial charge in [-0.2, -0.15) is 0 Å². The average molecular weight is 729 g/mol. The fourth-order valence-electron chi connectivity index (χ4n) is 14.8. The fraction of sp³-hybridized carbons (Fsp3) is 0.884. The summed E-state index contributed by atoms with van der Waals surface area (Å²) in [6, 6.07) is 0. The molecule has 6 aliphatic carbocycles. The van der Waals surface area contributed by atoms with Gasteiger partial charge in [-0.25, -0.2) is 12.8 Å². The number of sulfone groups is 1. The van der Waals surface area contributed by atoms with Gasteiger partial charge in [-0.15, -0.1) is 0 Å². The first kappa shape index (κ1) is 38.0. The molecule has 5 fully saturated rings. The molecular formula is C43H69FN2O4S. The topological polar surface area (TPSA) is 86.7 Å². The van der Waals surface area contributed by atoms with Crippen LogP contribution in [0.1, 0.15) is 126 Å². The van der Waals surface area contributed by atoms with Crippen molar-refractivity contribution in [3.63, 3.8) is 0 Å². The highest BCUT2D eigenvalue weighted by Gasteiger charge is 2.70. The molecule has 10 atom stereocenters. The number of alkyl halides is 1. The molecule has 2 N–H and O–H groups in total. The van der Waals surface area contributed by atoms with Gasteiger partial charge in [0.1, 0.15) is 6.67 Å². The van der Waals surface area contributed by atoms with E-state index in [9.17, 15) is 22.7 Å². The first-order valence-corrected chi connectivity index (χ1v) is 22.6. The van der Waals surface area contributed by atoms with E-state index in [-0.39, 0.29) is 21.8 Å². The Kier molecular flexibility index (Phi) is 9.64. The summed E-state index contributed by atoms with van der Waals surface area (Å²) in [5.74, 6) is 3.68. The monoisotopic (exact) mass is 728 g/mol. The molecule has 51 heavy (non-hydrogen) atoms. The van der Waals surface area contributed by atoms with Crippen molar-refractivity contribution in [2.24, 2.45) is 62.6 Å². The van der Waals surface area contributed by atoms with E-state index in [2.05, 4.69) is 70.8 Å². The summed E-state index contributed by atoms with van der Waals surface area (Å²) in [4.78, 5) is 14.3. The van der Waals surface area contributed by atoms with Crippen molar-refractivity contribution in [1.29, 1.82) is 0 Å². The van der Waals surface area contributed by atoms with Crippen molar-refractivity contribution < 1.29 is 22.7 Å². The van der Waals surface area contributed by atoms with Crippen molar-refractivity contribution in [2.75, 3.05) is 44.4 Å². The molecule has 0 bridgehead atoms. The summed E-state index contributed by atoms with van der Waals surface area (Å²) in [6.07, 6.45) is 17.3. The van der Waals surface area contributed by atoms with E-state index in [0.29, 0.717) is 72.9 Å². The highest BCUT2D eigenvalue weighted by atomic mass is 32.2. The summed E-state index contributed by atoms with van der Waals surface area (Å²) in [5, 5.41) is 14.1. The lowest BCUT2D eigenvalue weighted by molar-refractivity contribution is -0.223. The molecule has 4 saturated carbocycles. The molecule has 0 spiro atoms. The molecule has 6 nitrogen and oxygen atoms in total. The molecule has 288 valence electrons. The Morgan fingerprint density at radius 2 is 1.65 bits per heavy atom. The fourth-order valence-corrected chi connectivity index (χ4v) is 16.1. The number of carbonyl (C=O) groups is 1. The number of allylic oxidation sites excluding steroid dienone is 4. The van der Waals surface area contributed by atoms with Gasteiger partial charge in [-0.1, -0.05) is 60.6 Å². The van der Waals surface area contributed by atoms with E-state index in [1.807, 2.05) is 0 Å². The molecule has 8 heteroatoms. The van der Waals surface area contributed by atoms with Crippen LogP contribution in [0, 0.1) is 62.6 Å². The largest absolute Gasteiger partial charge is 0.481 e. The van der Waals surface area contributed by atoms with E-state index in [4.69, 9.17) is 0 Å². The van der Waals surface area contributed by atoms with Gasteiger partial charge in [-0.3, -0.25) is 4.79 Å². The van der Waals surface area contributed by atoms with Crippen LogP contribution in [0.4, 0.5) is 4.39 Å². The van der Waals surface area contributed by atoms with Crippen LogP contribution >= 0.6 is 0 Å². The van der Waals surface area contributed by atoms with E-state index in [1.54, 1.807) is 0 Å². The Bertz CT molecular complexity index is 1540. The van der Waals surface area contributed by atoms with Gasteiger partial charge >= 0.3 is 5.97 Å². The first-order chi connectivity index (χ1) is 23.9. The van der Waals surface area contributed by atoms with Gasteiger partial charge in [0.2, 0.25) is 0 Å². The predicted molar refractivity (Wildman–Crippen MR) is 204 cm³/mol. The second-order valence-corrected chi connectivity index (χ2v) is 22.7. The molecule has 10 unspecified atom stereocenters. The molecule has 0 aromatic carbocycles. The minimum Gasteiger partial charge on any atom is -0.481 e. The van der Waals surface area contributed by atoms with Gasteiger partial charge in [0.05, 0.1) is 16.9 Å². The number of carboxylic acids is 1. The smallest absolute Gasteiger partial charge is 0.312 e. The Labute approximate surface area is 309 Å². The molecule has 0 amide bonds. The van der Waals surface area contributed by atoms with E-state index in [0.717, 1.165) is 31.3 Å². The first-order valence-electron chi connectivity index (χ1n) is 20.8. The Balaban J connectivity index is 1.13. The Morgan fingerprint density at radius 1 is 0.922 bits per heavy atom. The molecule has 0 radical (unpaired) electrons. The van der Waals surface area contributed by atoms with Gasteiger partial charge in [0, 0.05) is 31.7 Å². The van der Waals surface area contributed by atoms with Crippen LogP contribution in [0.5, 0.6) is 0 Å². The molecule has 7 aliphatic rings. The number of nitrogens with one attached hydrogen (secondary N) is 1. The zero-order chi connectivity index (χ0) is 36.8. The van der Waals surface area contributed by atoms with Gasteiger partial charge in [-0.05, 0) is 145 Å². The summed E-state index contributed by atoms with van der Waals surface area (Å²) >= 11 is 0. The van der Waals surface area contributed by atoms with E-state index in [1.165, 1.54) is 62.5 Å². The standard InChI is InChI=1S/C43H69FN2O4S/c1-29(2)31-12-19-43(45-22-23-46-24-26-51(49,50)27-25-46)21-20-40(6)33(36(31)43)8-9-35-39(5)15-13-32(38(3,4)34(39)14-16-41(35,40)7)30-10-17-42(28-44,18-11-30)37(47)48/h10,13,29,31,33-36,45H,8-9,11-12,14-28H2,1-7H3,(H,47,48). The van der Waals surface area contributed by atoms with Crippen LogP contribution in [0.3, 0.4) is 0 Å². The van der Waals surface area contributed by atoms with Crippen LogP contribution in [0.2, 0.25) is 0 Å². The molecule has 1 heterocycles. The quantitative estimate of drug-likeness (QED) is 0.261. The SMILES string of the molecule is CC(C)C1CCC2(NCCN3CCS(=O)(=O)CC3)CCC3(C)C(CCC4C5(C)CC=C(C6=CCC(CF)(C(=O)O)CC6)C(C)(C)C5CCC43C)C12. The number of rotatable bonds is 8. The number of hydrogen-bond acceptors (Lipinski definition) is 5. The highest BCUT2D eigenvalue weighted by molar-refractivity contribution is 7.91. The molecule has 1 saturated heterocycles. The van der Waals surface area contributed by atoms with Gasteiger partial charge < -0.3 is 15.3 Å². The third kappa shape index (κ3) is 5.78. The van der Waals surface area contributed by atoms with Crippen LogP contribution in [-0.2, 0) is 14.6 Å². The summed E-state index contributed by atoms with van der Waals surface area (Å²) in [5.41, 5.74) is 2.43. The lowest BCUT2D eigenvalue weighted by Gasteiger charge is -2.72. The number of aliphatic carboxylic acids is 1. The van der Waals surface area contributed by atoms with Crippen LogP contribution < -0.4 is 5.32 Å². The highest BCUT2D eigenvalue weighted by Crippen LogP contribution is 2.76. The zero-order valence-corrected chi connectivity index (χ0v) is 33.8. The predicted octanol–water partition coefficient (Wildman–Crippen LogP) is 8.48. The molecule has 1 aliphatic heterocycles. The zero-order valence-electron chi connectivity index (χ0n) is 33.0. The second-order valence-electron chi connectivity index (χ2n) is 20.4. The molecular weight excluding hydrogens is 660 g/mol. The lowest BCUT2D eigenvalue weighted by Crippen LogP contribution is -2.68. The van der Waals surface area contributed by atoms with E-state index >= 15 is 0 Å². The average Bonchev–Trinajstić information content (AvgIpc) is 3.46. The minimum absolute atomic E-state index is 0.00473. The summed E-state index contributed by atoms with van der Waals surface area (Å²) in [7, 11) is -2.86. The summed E-state index contributed by atoms with van der Waals surface area (Å²) in [6.45, 7) is 20.4. The number of halogens is 1. The Hall–Kier alpha value is -1.25. The molecule has 0 aromatic heterocycles. The van der Waals surface area contributed by atoms with Crippen molar-refractivity contribution >= 4 is 15.8 Å². The molecule has 0 aromatic rings. The summed E-state index contributed by atoms with van der Waals surface area (Å²) < 4.78 is 38.1. The number of carboxylic acid groups (broad SMARTS) is 1.